The van der Waals surface area contributed by atoms with E-state index in [1.165, 1.54) is 31.4 Å². The standard InChI is InChI=1S/C14H20N2O.C8H9NOS/c1-14(11-7-9-16(2)10-8-11)15-12-5-3-4-6-13(12)17-14;1-10-8-4-2-3-7(5-8)9-6-11/h3-6,11,15H,7-10H2,1-2H3;2-6H,1H3,(H,9,11). The average Bonchev–Trinajstić information content (AvgIpc) is 3.06. The molecule has 4 rings (SSSR count). The number of nitrogens with one attached hydrogen (secondary N) is 2. The summed E-state index contributed by atoms with van der Waals surface area (Å²) in [4.78, 5) is 2.39. The number of fused-ring (bicyclic) bond motifs is 1. The highest BCUT2D eigenvalue weighted by atomic mass is 32.1. The Bertz CT molecular complexity index is 766. The second kappa shape index (κ2) is 9.26. The zero-order chi connectivity index (χ0) is 20.0. The van der Waals surface area contributed by atoms with E-state index >= 15 is 0 Å². The van der Waals surface area contributed by atoms with Crippen molar-refractivity contribution in [3.63, 3.8) is 0 Å². The molecule has 2 aliphatic rings. The maximum absolute atomic E-state index is 6.14. The number of ether oxygens (including phenoxy) is 2. The van der Waals surface area contributed by atoms with Crippen LogP contribution >= 0.6 is 12.2 Å². The monoisotopic (exact) mass is 399 g/mol. The largest absolute Gasteiger partial charge is 0.497 e. The van der Waals surface area contributed by atoms with E-state index in [-0.39, 0.29) is 5.72 Å². The lowest BCUT2D eigenvalue weighted by Gasteiger charge is -2.38. The number of piperidine rings is 1. The number of benzene rings is 2. The van der Waals surface area contributed by atoms with Gasteiger partial charge < -0.3 is 25.0 Å². The van der Waals surface area contributed by atoms with Crippen molar-refractivity contribution in [3.8, 4) is 11.5 Å². The van der Waals surface area contributed by atoms with Crippen LogP contribution in [0.15, 0.2) is 48.5 Å². The molecule has 2 aromatic rings. The molecule has 2 aliphatic heterocycles. The molecule has 0 bridgehead atoms. The molecule has 150 valence electrons. The van der Waals surface area contributed by atoms with Gasteiger partial charge >= 0.3 is 0 Å². The highest BCUT2D eigenvalue weighted by molar-refractivity contribution is 7.79. The quantitative estimate of drug-likeness (QED) is 0.732. The molecule has 0 spiro atoms. The summed E-state index contributed by atoms with van der Waals surface area (Å²) < 4.78 is 11.2. The van der Waals surface area contributed by atoms with Gasteiger partial charge in [-0.2, -0.15) is 0 Å². The van der Waals surface area contributed by atoms with Gasteiger partial charge in [0, 0.05) is 17.7 Å². The Morgan fingerprint density at radius 3 is 2.64 bits per heavy atom. The Hall–Kier alpha value is -2.31. The predicted octanol–water partition coefficient (Wildman–Crippen LogP) is 4.61. The van der Waals surface area contributed by atoms with Crippen LogP contribution in [-0.4, -0.2) is 43.4 Å². The van der Waals surface area contributed by atoms with Gasteiger partial charge in [-0.05, 0) is 64.2 Å². The van der Waals surface area contributed by atoms with Gasteiger partial charge in [-0.3, -0.25) is 0 Å². The first-order chi connectivity index (χ1) is 13.5. The van der Waals surface area contributed by atoms with Crippen LogP contribution in [0.1, 0.15) is 19.8 Å². The summed E-state index contributed by atoms with van der Waals surface area (Å²) in [5, 5.41) is 6.45. The molecule has 1 atom stereocenters. The Morgan fingerprint density at radius 2 is 1.96 bits per heavy atom. The predicted molar refractivity (Wildman–Crippen MR) is 120 cm³/mol. The SMILES string of the molecule is CN1CCC(C2(C)Nc3ccccc3O2)CC1.COc1cccc(NC=S)c1. The number of hydrogen-bond donors (Lipinski definition) is 2. The Labute approximate surface area is 173 Å². The van der Waals surface area contributed by atoms with Crippen LogP contribution in [0, 0.1) is 5.92 Å². The highest BCUT2D eigenvalue weighted by Gasteiger charge is 2.42. The van der Waals surface area contributed by atoms with Crippen molar-refractivity contribution in [1.82, 2.24) is 4.90 Å². The van der Waals surface area contributed by atoms with Crippen LogP contribution in [0.4, 0.5) is 11.4 Å². The summed E-state index contributed by atoms with van der Waals surface area (Å²) in [6.45, 7) is 4.52. The van der Waals surface area contributed by atoms with E-state index in [9.17, 15) is 0 Å². The molecule has 0 aromatic heterocycles. The number of likely N-dealkylation sites (tertiary alicyclic amines) is 1. The van der Waals surface area contributed by atoms with Crippen molar-refractivity contribution in [2.24, 2.45) is 5.92 Å². The van der Waals surface area contributed by atoms with Gasteiger partial charge in [0.1, 0.15) is 11.5 Å². The molecule has 1 unspecified atom stereocenters. The molecule has 0 aliphatic carbocycles. The van der Waals surface area contributed by atoms with E-state index in [4.69, 9.17) is 9.47 Å². The fourth-order valence-electron chi connectivity index (χ4n) is 3.71. The minimum Gasteiger partial charge on any atom is -0.497 e. The number of nitrogens with zero attached hydrogens (tertiary/aromatic N) is 1. The van der Waals surface area contributed by atoms with Crippen molar-refractivity contribution in [2.45, 2.75) is 25.5 Å². The van der Waals surface area contributed by atoms with Crippen LogP contribution < -0.4 is 20.1 Å². The first kappa shape index (κ1) is 20.4. The van der Waals surface area contributed by atoms with E-state index < -0.39 is 0 Å². The Morgan fingerprint density at radius 1 is 1.21 bits per heavy atom. The van der Waals surface area contributed by atoms with Crippen LogP contribution in [0.3, 0.4) is 0 Å². The molecule has 0 amide bonds. The maximum Gasteiger partial charge on any atom is 0.180 e. The van der Waals surface area contributed by atoms with Crippen LogP contribution in [0.25, 0.3) is 0 Å². The smallest absolute Gasteiger partial charge is 0.180 e. The zero-order valence-corrected chi connectivity index (χ0v) is 17.6. The molecule has 0 saturated carbocycles. The number of methoxy groups -OCH3 is 1. The first-order valence-electron chi connectivity index (χ1n) is 9.63. The van der Waals surface area contributed by atoms with Gasteiger partial charge in [0.15, 0.2) is 5.72 Å². The summed E-state index contributed by atoms with van der Waals surface area (Å²) in [6, 6.07) is 15.8. The average molecular weight is 400 g/mol. The summed E-state index contributed by atoms with van der Waals surface area (Å²) in [6.07, 6.45) is 2.40. The first-order valence-corrected chi connectivity index (χ1v) is 10.1. The summed E-state index contributed by atoms with van der Waals surface area (Å²) in [7, 11) is 3.83. The van der Waals surface area contributed by atoms with E-state index in [0.717, 1.165) is 22.9 Å². The minimum atomic E-state index is -0.217. The molecule has 6 heteroatoms. The second-order valence-electron chi connectivity index (χ2n) is 7.40. The maximum atomic E-state index is 6.14. The molecular formula is C22H29N3O2S. The summed E-state index contributed by atoms with van der Waals surface area (Å²) >= 11 is 4.64. The number of para-hydroxylation sites is 2. The van der Waals surface area contributed by atoms with Crippen LogP contribution in [0.5, 0.6) is 11.5 Å². The lowest BCUT2D eigenvalue weighted by Crippen LogP contribution is -2.49. The molecule has 0 radical (unpaired) electrons. The molecule has 5 nitrogen and oxygen atoms in total. The van der Waals surface area contributed by atoms with Gasteiger partial charge in [-0.1, -0.05) is 30.4 Å². The summed E-state index contributed by atoms with van der Waals surface area (Å²) in [5.74, 6) is 2.41. The number of hydrogen-bond acceptors (Lipinski definition) is 5. The molecule has 2 N–H and O–H groups in total. The Balaban J connectivity index is 0.000000178. The molecule has 2 heterocycles. The van der Waals surface area contributed by atoms with Gasteiger partial charge in [-0.15, -0.1) is 0 Å². The third-order valence-corrected chi connectivity index (χ3v) is 5.50. The fraction of sp³-hybridized carbons (Fsp3) is 0.409. The zero-order valence-electron chi connectivity index (χ0n) is 16.8. The van der Waals surface area contributed by atoms with Crippen molar-refractivity contribution in [1.29, 1.82) is 0 Å². The topological polar surface area (TPSA) is 45.8 Å². The van der Waals surface area contributed by atoms with Crippen molar-refractivity contribution >= 4 is 29.1 Å². The highest BCUT2D eigenvalue weighted by Crippen LogP contribution is 2.42. The van der Waals surface area contributed by atoms with E-state index in [1.807, 2.05) is 36.4 Å². The molecule has 28 heavy (non-hydrogen) atoms. The van der Waals surface area contributed by atoms with Crippen molar-refractivity contribution in [3.05, 3.63) is 48.5 Å². The van der Waals surface area contributed by atoms with Gasteiger partial charge in [0.05, 0.1) is 18.3 Å². The third kappa shape index (κ3) is 4.94. The van der Waals surface area contributed by atoms with Crippen molar-refractivity contribution in [2.75, 3.05) is 37.9 Å². The van der Waals surface area contributed by atoms with Crippen LogP contribution in [-0.2, 0) is 0 Å². The normalized spacial score (nSPS) is 21.4. The minimum absolute atomic E-state index is 0.217. The van der Waals surface area contributed by atoms with E-state index in [1.54, 1.807) is 7.11 Å². The van der Waals surface area contributed by atoms with Crippen molar-refractivity contribution < 1.29 is 9.47 Å². The van der Waals surface area contributed by atoms with E-state index in [2.05, 4.69) is 53.9 Å². The Kier molecular flexibility index (Phi) is 6.75. The number of thiocarbonyl (C=S) groups is 1. The molecular weight excluding hydrogens is 370 g/mol. The number of anilines is 2. The summed E-state index contributed by atoms with van der Waals surface area (Å²) in [5.41, 5.74) is 3.33. The van der Waals surface area contributed by atoms with Crippen LogP contribution in [0.2, 0.25) is 0 Å². The molecule has 1 fully saturated rings. The fourth-order valence-corrected chi connectivity index (χ4v) is 3.84. The lowest BCUT2D eigenvalue weighted by atomic mass is 9.87. The number of rotatable bonds is 4. The second-order valence-corrected chi connectivity index (χ2v) is 7.64. The third-order valence-electron chi connectivity index (χ3n) is 5.38. The van der Waals surface area contributed by atoms with E-state index in [0.29, 0.717) is 5.92 Å². The van der Waals surface area contributed by atoms with Gasteiger partial charge in [0.25, 0.3) is 0 Å². The van der Waals surface area contributed by atoms with Gasteiger partial charge in [-0.25, -0.2) is 0 Å². The van der Waals surface area contributed by atoms with Gasteiger partial charge in [0.2, 0.25) is 0 Å². The lowest BCUT2D eigenvalue weighted by molar-refractivity contribution is 0.0338. The molecule has 2 aromatic carbocycles. The molecule has 1 saturated heterocycles.